The standard InChI is InChI=1S/C11H10N2O7/c1-19-8-4-3(6(14)7(15)10(17)12-4)9(16)13-5(8)11(18)20-2/h15H,1-2H3,(H,13,16)(H2,12,14,17). The number of hydrogen-bond donors (Lipinski definition) is 4. The van der Waals surface area contributed by atoms with Crippen LogP contribution in [-0.4, -0.2) is 40.4 Å². The predicted octanol–water partition coefficient (Wildman–Crippen LogP) is -0.577. The summed E-state index contributed by atoms with van der Waals surface area (Å²) in [5.74, 6) is -3.00. The van der Waals surface area contributed by atoms with Crippen LogP contribution in [0.5, 0.6) is 17.2 Å². The first kappa shape index (κ1) is 13.5. The molecule has 2 rings (SSSR count). The quantitative estimate of drug-likeness (QED) is 0.540. The molecule has 4 N–H and O–H groups in total. The zero-order valence-corrected chi connectivity index (χ0v) is 10.4. The summed E-state index contributed by atoms with van der Waals surface area (Å²) in [4.78, 5) is 39.2. The monoisotopic (exact) mass is 282 g/mol. The van der Waals surface area contributed by atoms with Crippen molar-refractivity contribution in [3.05, 3.63) is 26.4 Å². The van der Waals surface area contributed by atoms with Gasteiger partial charge in [-0.2, -0.15) is 0 Å². The molecule has 2 aromatic heterocycles. The third kappa shape index (κ3) is 1.76. The van der Waals surface area contributed by atoms with Crippen LogP contribution in [0.15, 0.2) is 9.59 Å². The Bertz CT molecular complexity index is 818. The van der Waals surface area contributed by atoms with Crippen molar-refractivity contribution in [2.24, 2.45) is 0 Å². The van der Waals surface area contributed by atoms with Gasteiger partial charge in [0.05, 0.1) is 14.2 Å². The second kappa shape index (κ2) is 4.61. The minimum atomic E-state index is -1.03. The van der Waals surface area contributed by atoms with Gasteiger partial charge in [-0.1, -0.05) is 0 Å². The Hall–Kier alpha value is -2.97. The molecule has 0 aliphatic carbocycles. The lowest BCUT2D eigenvalue weighted by atomic mass is 10.2. The number of rotatable bonds is 2. The third-order valence-electron chi connectivity index (χ3n) is 2.68. The second-order valence-corrected chi connectivity index (χ2v) is 3.76. The molecule has 0 amide bonds. The molecular formula is C11H10N2O7. The molecule has 0 aliphatic rings. The van der Waals surface area contributed by atoms with Gasteiger partial charge in [0.15, 0.2) is 17.2 Å². The average molecular weight is 282 g/mol. The molecule has 0 bridgehead atoms. The minimum absolute atomic E-state index is 0.196. The Kier molecular flexibility index (Phi) is 3.10. The van der Waals surface area contributed by atoms with E-state index in [1.807, 2.05) is 0 Å². The lowest BCUT2D eigenvalue weighted by molar-refractivity contribution is 0.0590. The highest BCUT2D eigenvalue weighted by Crippen LogP contribution is 2.32. The number of fused-ring (bicyclic) bond motifs is 1. The van der Waals surface area contributed by atoms with Crippen LogP contribution in [0.4, 0.5) is 0 Å². The van der Waals surface area contributed by atoms with E-state index in [9.17, 15) is 24.6 Å². The van der Waals surface area contributed by atoms with Gasteiger partial charge < -0.3 is 29.7 Å². The summed E-state index contributed by atoms with van der Waals surface area (Å²) in [6, 6.07) is 0. The summed E-state index contributed by atoms with van der Waals surface area (Å²) in [7, 11) is 2.29. The van der Waals surface area contributed by atoms with Gasteiger partial charge in [-0.25, -0.2) is 4.79 Å². The molecule has 0 saturated heterocycles. The predicted molar refractivity (Wildman–Crippen MR) is 66.4 cm³/mol. The van der Waals surface area contributed by atoms with E-state index < -0.39 is 34.0 Å². The van der Waals surface area contributed by atoms with Crippen LogP contribution in [-0.2, 0) is 4.74 Å². The van der Waals surface area contributed by atoms with Gasteiger partial charge in [0, 0.05) is 0 Å². The fourth-order valence-corrected chi connectivity index (χ4v) is 1.78. The highest BCUT2D eigenvalue weighted by Gasteiger charge is 2.23. The lowest BCUT2D eigenvalue weighted by Gasteiger charge is -2.10. The molecule has 9 nitrogen and oxygen atoms in total. The van der Waals surface area contributed by atoms with Crippen molar-refractivity contribution in [3.63, 3.8) is 0 Å². The smallest absolute Gasteiger partial charge is 0.358 e. The minimum Gasteiger partial charge on any atom is -0.504 e. The maximum absolute atomic E-state index is 11.9. The van der Waals surface area contributed by atoms with E-state index in [2.05, 4.69) is 14.7 Å². The van der Waals surface area contributed by atoms with Gasteiger partial charge in [0.2, 0.25) is 5.75 Å². The number of aromatic nitrogens is 2. The van der Waals surface area contributed by atoms with Crippen LogP contribution >= 0.6 is 0 Å². The van der Waals surface area contributed by atoms with Gasteiger partial charge in [-0.3, -0.25) is 9.59 Å². The van der Waals surface area contributed by atoms with Crippen molar-refractivity contribution in [2.45, 2.75) is 0 Å². The van der Waals surface area contributed by atoms with E-state index in [0.29, 0.717) is 0 Å². The Morgan fingerprint density at radius 3 is 2.25 bits per heavy atom. The topological polar surface area (TPSA) is 142 Å². The van der Waals surface area contributed by atoms with Crippen LogP contribution in [0.25, 0.3) is 10.9 Å². The maximum Gasteiger partial charge on any atom is 0.358 e. The Morgan fingerprint density at radius 2 is 1.70 bits per heavy atom. The van der Waals surface area contributed by atoms with Gasteiger partial charge >= 0.3 is 5.97 Å². The fourth-order valence-electron chi connectivity index (χ4n) is 1.78. The first-order valence-corrected chi connectivity index (χ1v) is 5.28. The molecule has 0 atom stereocenters. The average Bonchev–Trinajstić information content (AvgIpc) is 2.43. The largest absolute Gasteiger partial charge is 0.504 e. The van der Waals surface area contributed by atoms with Crippen LogP contribution in [0, 0.1) is 0 Å². The summed E-state index contributed by atoms with van der Waals surface area (Å²) in [6.45, 7) is 0. The number of pyridine rings is 2. The molecular weight excluding hydrogens is 272 g/mol. The number of ether oxygens (including phenoxy) is 2. The number of aromatic hydroxyl groups is 2. The van der Waals surface area contributed by atoms with Crippen LogP contribution in [0.1, 0.15) is 10.5 Å². The number of aromatic amines is 2. The molecule has 2 heterocycles. The maximum atomic E-state index is 11.9. The normalized spacial score (nSPS) is 10.5. The van der Waals surface area contributed by atoms with Crippen molar-refractivity contribution in [1.82, 2.24) is 9.97 Å². The van der Waals surface area contributed by atoms with Gasteiger partial charge in [-0.05, 0) is 0 Å². The Labute approximate surface area is 110 Å². The molecule has 0 radical (unpaired) electrons. The number of methoxy groups -OCH3 is 2. The molecule has 9 heteroatoms. The SMILES string of the molecule is COC(=O)c1[nH]c(=O)c2c(O)c(O)c(=O)[nH]c2c1OC. The molecule has 0 unspecified atom stereocenters. The van der Waals surface area contributed by atoms with Crippen LogP contribution in [0.2, 0.25) is 0 Å². The molecule has 2 aromatic rings. The number of esters is 1. The molecule has 0 aromatic carbocycles. The number of nitrogens with one attached hydrogen (secondary N) is 2. The van der Waals surface area contributed by atoms with Crippen molar-refractivity contribution in [1.29, 1.82) is 0 Å². The number of hydrogen-bond acceptors (Lipinski definition) is 7. The van der Waals surface area contributed by atoms with E-state index in [1.54, 1.807) is 0 Å². The Morgan fingerprint density at radius 1 is 1.05 bits per heavy atom. The van der Waals surface area contributed by atoms with Crippen molar-refractivity contribution in [2.75, 3.05) is 14.2 Å². The summed E-state index contributed by atoms with van der Waals surface area (Å²) in [5.41, 5.74) is -2.48. The molecule has 0 spiro atoms. The number of carbonyl (C=O) groups excluding carboxylic acids is 1. The van der Waals surface area contributed by atoms with E-state index in [-0.39, 0.29) is 17.0 Å². The van der Waals surface area contributed by atoms with E-state index in [4.69, 9.17) is 4.74 Å². The molecule has 106 valence electrons. The van der Waals surface area contributed by atoms with Crippen molar-refractivity contribution >= 4 is 16.9 Å². The van der Waals surface area contributed by atoms with Gasteiger partial charge in [-0.15, -0.1) is 0 Å². The van der Waals surface area contributed by atoms with E-state index in [1.165, 1.54) is 7.11 Å². The fraction of sp³-hybridized carbons (Fsp3) is 0.182. The van der Waals surface area contributed by atoms with Gasteiger partial charge in [0.1, 0.15) is 10.9 Å². The summed E-state index contributed by atoms with van der Waals surface area (Å²) >= 11 is 0. The molecule has 0 fully saturated rings. The van der Waals surface area contributed by atoms with Gasteiger partial charge in [0.25, 0.3) is 11.1 Å². The van der Waals surface area contributed by atoms with Crippen molar-refractivity contribution < 1.29 is 24.5 Å². The van der Waals surface area contributed by atoms with E-state index >= 15 is 0 Å². The summed E-state index contributed by atoms with van der Waals surface area (Å²) in [6.07, 6.45) is 0. The highest BCUT2D eigenvalue weighted by molar-refractivity contribution is 5.99. The van der Waals surface area contributed by atoms with Crippen LogP contribution in [0.3, 0.4) is 0 Å². The number of H-pyrrole nitrogens is 2. The highest BCUT2D eigenvalue weighted by atomic mass is 16.5. The first-order valence-electron chi connectivity index (χ1n) is 5.28. The zero-order chi connectivity index (χ0) is 15.0. The Balaban J connectivity index is 3.06. The second-order valence-electron chi connectivity index (χ2n) is 3.76. The molecule has 0 aliphatic heterocycles. The first-order chi connectivity index (χ1) is 9.42. The number of carbonyl (C=O) groups is 1. The third-order valence-corrected chi connectivity index (χ3v) is 2.68. The van der Waals surface area contributed by atoms with Crippen LogP contribution < -0.4 is 15.9 Å². The lowest BCUT2D eigenvalue weighted by Crippen LogP contribution is -2.19. The summed E-state index contributed by atoms with van der Waals surface area (Å²) < 4.78 is 9.43. The summed E-state index contributed by atoms with van der Waals surface area (Å²) in [5, 5.41) is 18.6. The van der Waals surface area contributed by atoms with Crippen molar-refractivity contribution in [3.8, 4) is 17.2 Å². The molecule has 0 saturated carbocycles. The van der Waals surface area contributed by atoms with E-state index in [0.717, 1.165) is 7.11 Å². The molecule has 20 heavy (non-hydrogen) atoms. The zero-order valence-electron chi connectivity index (χ0n) is 10.4.